The fraction of sp³-hybridized carbons (Fsp3) is 0.233. The van der Waals surface area contributed by atoms with E-state index >= 15 is 0 Å². The molecule has 3 aromatic carbocycles. The fourth-order valence-corrected chi connectivity index (χ4v) is 5.44. The number of nitrogens with one attached hydrogen (secondary N) is 2. The second-order valence-electron chi connectivity index (χ2n) is 9.39. The zero-order valence-corrected chi connectivity index (χ0v) is 23.4. The summed E-state index contributed by atoms with van der Waals surface area (Å²) >= 11 is 1.56. The number of amides is 1. The molecule has 0 unspecified atom stereocenters. The molecule has 0 aliphatic carbocycles. The number of nitrogens with zero attached hydrogens (tertiary/aromatic N) is 3. The molecule has 2 heterocycles. The molecule has 0 radical (unpaired) electrons. The van der Waals surface area contributed by atoms with Crippen molar-refractivity contribution >= 4 is 29.3 Å². The first-order valence-electron chi connectivity index (χ1n) is 12.6. The number of aromatic nitrogens is 3. The first-order valence-corrected chi connectivity index (χ1v) is 13.6. The summed E-state index contributed by atoms with van der Waals surface area (Å²) in [6.07, 6.45) is 0. The van der Waals surface area contributed by atoms with Gasteiger partial charge in [-0.2, -0.15) is 4.98 Å². The quantitative estimate of drug-likeness (QED) is 0.259. The van der Waals surface area contributed by atoms with Gasteiger partial charge in [0.1, 0.15) is 6.04 Å². The first-order chi connectivity index (χ1) is 18.9. The number of fused-ring (bicyclic) bond motifs is 1. The summed E-state index contributed by atoms with van der Waals surface area (Å²) in [5, 5.41) is 11.9. The van der Waals surface area contributed by atoms with Crippen LogP contribution in [0.2, 0.25) is 0 Å². The van der Waals surface area contributed by atoms with Crippen molar-refractivity contribution in [1.29, 1.82) is 0 Å². The maximum atomic E-state index is 13.8. The molecule has 200 valence electrons. The number of ether oxygens (including phenoxy) is 2. The van der Waals surface area contributed by atoms with Crippen LogP contribution in [0.1, 0.15) is 35.2 Å². The van der Waals surface area contributed by atoms with Crippen LogP contribution < -0.4 is 20.1 Å². The van der Waals surface area contributed by atoms with E-state index in [9.17, 15) is 4.79 Å². The van der Waals surface area contributed by atoms with Crippen molar-refractivity contribution in [2.75, 3.05) is 24.9 Å². The monoisotopic (exact) mass is 541 g/mol. The molecule has 5 rings (SSSR count). The largest absolute Gasteiger partial charge is 0.493 e. The Balaban J connectivity index is 1.54. The van der Waals surface area contributed by atoms with Crippen LogP contribution in [-0.4, -0.2) is 34.9 Å². The second kappa shape index (κ2) is 11.2. The number of carbonyl (C=O) groups is 1. The molecule has 1 amide bonds. The number of anilines is 2. The molecule has 2 N–H and O–H groups in total. The molecule has 0 saturated carbocycles. The number of aryl methyl sites for hydroxylation is 2. The lowest BCUT2D eigenvalue weighted by molar-refractivity contribution is -0.113. The van der Waals surface area contributed by atoms with E-state index in [1.54, 1.807) is 30.7 Å². The standard InChI is InChI=1S/C30H31N5O3S/c1-18-9-8-11-21(15-18)17-39-30-33-29-31-20(3)26(28(36)32-23-12-7-6-10-19(23)2)27(35(29)34-30)22-13-14-24(37-4)25(16-22)38-5/h6-16,27H,17H2,1-5H3,(H,32,36)(H,31,33,34)/t27-/m1/s1. The predicted octanol–water partition coefficient (Wildman–Crippen LogP) is 6.13. The average Bonchev–Trinajstić information content (AvgIpc) is 3.34. The van der Waals surface area contributed by atoms with Crippen molar-refractivity contribution < 1.29 is 14.3 Å². The fourth-order valence-electron chi connectivity index (χ4n) is 4.67. The van der Waals surface area contributed by atoms with Crippen molar-refractivity contribution in [2.24, 2.45) is 0 Å². The van der Waals surface area contributed by atoms with Gasteiger partial charge < -0.3 is 20.1 Å². The molecule has 0 fully saturated rings. The van der Waals surface area contributed by atoms with E-state index in [-0.39, 0.29) is 5.91 Å². The molecule has 1 aromatic heterocycles. The topological polar surface area (TPSA) is 90.3 Å². The number of thioether (sulfide) groups is 1. The van der Waals surface area contributed by atoms with Gasteiger partial charge in [-0.3, -0.25) is 4.79 Å². The molecule has 1 aliphatic rings. The number of methoxy groups -OCH3 is 2. The Morgan fingerprint density at radius 1 is 1.00 bits per heavy atom. The summed E-state index contributed by atoms with van der Waals surface area (Å²) in [5.41, 5.74) is 6.22. The van der Waals surface area contributed by atoms with Crippen LogP contribution in [0.3, 0.4) is 0 Å². The van der Waals surface area contributed by atoms with Crippen LogP contribution in [0.15, 0.2) is 83.2 Å². The van der Waals surface area contributed by atoms with E-state index in [1.165, 1.54) is 11.1 Å². The van der Waals surface area contributed by atoms with Gasteiger partial charge >= 0.3 is 0 Å². The Morgan fingerprint density at radius 3 is 2.54 bits per heavy atom. The molecule has 39 heavy (non-hydrogen) atoms. The second-order valence-corrected chi connectivity index (χ2v) is 10.3. The number of rotatable bonds is 8. The lowest BCUT2D eigenvalue weighted by Crippen LogP contribution is -2.31. The summed E-state index contributed by atoms with van der Waals surface area (Å²) in [6, 6.07) is 21.2. The van der Waals surface area contributed by atoms with Crippen molar-refractivity contribution in [3.63, 3.8) is 0 Å². The van der Waals surface area contributed by atoms with E-state index < -0.39 is 6.04 Å². The van der Waals surface area contributed by atoms with E-state index in [1.807, 2.05) is 56.3 Å². The Kier molecular flexibility index (Phi) is 7.60. The van der Waals surface area contributed by atoms with Gasteiger partial charge in [0.25, 0.3) is 5.91 Å². The Bertz CT molecular complexity index is 1560. The van der Waals surface area contributed by atoms with Gasteiger partial charge in [0.15, 0.2) is 11.5 Å². The number of para-hydroxylation sites is 1. The highest BCUT2D eigenvalue weighted by Gasteiger charge is 2.35. The normalized spacial score (nSPS) is 14.4. The van der Waals surface area contributed by atoms with Crippen LogP contribution in [0.5, 0.6) is 11.5 Å². The van der Waals surface area contributed by atoms with Crippen molar-refractivity contribution in [1.82, 2.24) is 14.8 Å². The van der Waals surface area contributed by atoms with E-state index in [0.717, 1.165) is 22.6 Å². The van der Waals surface area contributed by atoms with Gasteiger partial charge in [-0.15, -0.1) is 5.10 Å². The number of hydrogen-bond acceptors (Lipinski definition) is 7. The first kappa shape index (κ1) is 26.4. The van der Waals surface area contributed by atoms with Crippen molar-refractivity contribution in [2.45, 2.75) is 37.7 Å². The van der Waals surface area contributed by atoms with Gasteiger partial charge in [-0.05, 0) is 55.7 Å². The zero-order valence-electron chi connectivity index (χ0n) is 22.6. The van der Waals surface area contributed by atoms with Crippen LogP contribution in [-0.2, 0) is 10.5 Å². The van der Waals surface area contributed by atoms with Crippen LogP contribution >= 0.6 is 11.8 Å². The Morgan fingerprint density at radius 2 is 1.79 bits per heavy atom. The molecular formula is C30H31N5O3S. The van der Waals surface area contributed by atoms with Gasteiger partial charge in [0.05, 0.1) is 19.8 Å². The van der Waals surface area contributed by atoms with E-state index in [2.05, 4.69) is 41.8 Å². The number of allylic oxidation sites excluding steroid dienone is 1. The van der Waals surface area contributed by atoms with E-state index in [0.29, 0.717) is 33.9 Å². The maximum absolute atomic E-state index is 13.8. The van der Waals surface area contributed by atoms with Crippen LogP contribution in [0.4, 0.5) is 11.6 Å². The minimum Gasteiger partial charge on any atom is -0.493 e. The third kappa shape index (κ3) is 5.49. The Labute approximate surface area is 232 Å². The molecule has 1 atom stereocenters. The third-order valence-corrected chi connectivity index (χ3v) is 7.55. The van der Waals surface area contributed by atoms with Gasteiger partial charge in [-0.25, -0.2) is 4.68 Å². The minimum absolute atomic E-state index is 0.218. The average molecular weight is 542 g/mol. The molecule has 9 heteroatoms. The van der Waals surface area contributed by atoms with Gasteiger partial charge in [0, 0.05) is 17.1 Å². The minimum atomic E-state index is -0.536. The molecule has 0 bridgehead atoms. The number of hydrogen-bond donors (Lipinski definition) is 2. The maximum Gasteiger partial charge on any atom is 0.255 e. The Hall–Kier alpha value is -4.24. The number of benzene rings is 3. The summed E-state index contributed by atoms with van der Waals surface area (Å²) in [6.45, 7) is 5.94. The summed E-state index contributed by atoms with van der Waals surface area (Å²) < 4.78 is 12.8. The lowest BCUT2D eigenvalue weighted by Gasteiger charge is -2.29. The highest BCUT2D eigenvalue weighted by atomic mass is 32.2. The smallest absolute Gasteiger partial charge is 0.255 e. The third-order valence-electron chi connectivity index (χ3n) is 6.64. The molecule has 8 nitrogen and oxygen atoms in total. The highest BCUT2D eigenvalue weighted by Crippen LogP contribution is 2.40. The van der Waals surface area contributed by atoms with Crippen LogP contribution in [0, 0.1) is 13.8 Å². The molecule has 1 aliphatic heterocycles. The van der Waals surface area contributed by atoms with Crippen molar-refractivity contribution in [3.05, 3.63) is 100 Å². The lowest BCUT2D eigenvalue weighted by atomic mass is 9.94. The summed E-state index contributed by atoms with van der Waals surface area (Å²) in [5.74, 6) is 2.27. The molecular weight excluding hydrogens is 510 g/mol. The van der Waals surface area contributed by atoms with Crippen molar-refractivity contribution in [3.8, 4) is 11.5 Å². The summed E-state index contributed by atoms with van der Waals surface area (Å²) in [4.78, 5) is 18.6. The van der Waals surface area contributed by atoms with E-state index in [4.69, 9.17) is 19.6 Å². The zero-order chi connectivity index (χ0) is 27.5. The summed E-state index contributed by atoms with van der Waals surface area (Å²) in [7, 11) is 3.19. The van der Waals surface area contributed by atoms with Crippen LogP contribution in [0.25, 0.3) is 0 Å². The van der Waals surface area contributed by atoms with Gasteiger partial charge in [-0.1, -0.05) is 65.9 Å². The predicted molar refractivity (Wildman–Crippen MR) is 155 cm³/mol. The van der Waals surface area contributed by atoms with Gasteiger partial charge in [0.2, 0.25) is 11.1 Å². The SMILES string of the molecule is COc1ccc([C@@H]2C(C(=O)Nc3ccccc3C)=C(C)Nc3nc(SCc4cccc(C)c4)nn32)cc1OC. The molecule has 0 spiro atoms. The number of carbonyl (C=O) groups excluding carboxylic acids is 1. The molecule has 0 saturated heterocycles. The molecule has 4 aromatic rings. The highest BCUT2D eigenvalue weighted by molar-refractivity contribution is 7.98.